The van der Waals surface area contributed by atoms with Crippen LogP contribution in [0.5, 0.6) is 0 Å². The fourth-order valence-corrected chi connectivity index (χ4v) is 3.07. The lowest BCUT2D eigenvalue weighted by molar-refractivity contribution is 0.196. The van der Waals surface area contributed by atoms with E-state index in [0.29, 0.717) is 23.2 Å². The zero-order valence-corrected chi connectivity index (χ0v) is 14.4. The molecule has 1 fully saturated rings. The molecule has 2 aromatic rings. The molecule has 1 saturated heterocycles. The topological polar surface area (TPSA) is 61.0 Å². The number of benzene rings is 1. The van der Waals surface area contributed by atoms with Gasteiger partial charge in [0.25, 0.3) is 5.56 Å². The molecule has 0 spiro atoms. The first-order chi connectivity index (χ1) is 12.0. The molecule has 0 saturated carbocycles. The van der Waals surface area contributed by atoms with Crippen molar-refractivity contribution >= 4 is 5.95 Å². The first kappa shape index (κ1) is 17.5. The predicted octanol–water partition coefficient (Wildman–Crippen LogP) is 3.15. The number of nitrogens with one attached hydrogen (secondary N) is 2. The summed E-state index contributed by atoms with van der Waals surface area (Å²) in [7, 11) is 0. The molecule has 25 heavy (non-hydrogen) atoms. The van der Waals surface area contributed by atoms with Gasteiger partial charge in [-0.1, -0.05) is 12.5 Å². The zero-order valence-electron chi connectivity index (χ0n) is 14.4. The molecule has 1 aromatic carbocycles. The molecule has 0 bridgehead atoms. The van der Waals surface area contributed by atoms with E-state index >= 15 is 0 Å². The number of hydrogen-bond acceptors (Lipinski definition) is 4. The number of hydrazine groups is 1. The molecule has 1 unspecified atom stereocenters. The van der Waals surface area contributed by atoms with Crippen LogP contribution in [0.25, 0.3) is 0 Å². The number of rotatable bonds is 4. The second-order valence-electron chi connectivity index (χ2n) is 6.51. The molecule has 1 atom stereocenters. The van der Waals surface area contributed by atoms with Gasteiger partial charge in [-0.05, 0) is 38.8 Å². The lowest BCUT2D eigenvalue weighted by Gasteiger charge is -2.33. The van der Waals surface area contributed by atoms with Crippen LogP contribution in [0.4, 0.5) is 14.7 Å². The van der Waals surface area contributed by atoms with Crippen LogP contribution >= 0.6 is 0 Å². The Kier molecular flexibility index (Phi) is 5.13. The molecule has 134 valence electrons. The number of halogens is 2. The highest BCUT2D eigenvalue weighted by Crippen LogP contribution is 2.19. The van der Waals surface area contributed by atoms with Crippen molar-refractivity contribution < 1.29 is 8.78 Å². The van der Waals surface area contributed by atoms with Gasteiger partial charge in [0, 0.05) is 30.1 Å². The summed E-state index contributed by atoms with van der Waals surface area (Å²) < 4.78 is 27.8. The van der Waals surface area contributed by atoms with Crippen LogP contribution in [0.1, 0.15) is 43.0 Å². The van der Waals surface area contributed by atoms with Gasteiger partial charge in [0.15, 0.2) is 0 Å². The summed E-state index contributed by atoms with van der Waals surface area (Å²) in [6, 6.07) is 4.05. The average Bonchev–Trinajstić information content (AvgIpc) is 2.57. The summed E-state index contributed by atoms with van der Waals surface area (Å²) in [6.07, 6.45) is 3.24. The summed E-state index contributed by atoms with van der Waals surface area (Å²) in [6.45, 7) is 4.57. The number of H-pyrrole nitrogens is 1. The highest BCUT2D eigenvalue weighted by atomic mass is 19.1. The predicted molar refractivity (Wildman–Crippen MR) is 92.4 cm³/mol. The summed E-state index contributed by atoms with van der Waals surface area (Å²) in [5.41, 5.74) is 3.46. The van der Waals surface area contributed by atoms with E-state index in [1.54, 1.807) is 6.92 Å². The molecule has 3 rings (SSSR count). The van der Waals surface area contributed by atoms with Crippen molar-refractivity contribution in [2.24, 2.45) is 0 Å². The van der Waals surface area contributed by atoms with Gasteiger partial charge in [0.05, 0.1) is 5.69 Å². The first-order valence-corrected chi connectivity index (χ1v) is 8.51. The van der Waals surface area contributed by atoms with Crippen LogP contribution in [0.2, 0.25) is 0 Å². The summed E-state index contributed by atoms with van der Waals surface area (Å²) in [5, 5.41) is 2.03. The number of hydrogen-bond donors (Lipinski definition) is 2. The fraction of sp³-hybridized carbons (Fsp3) is 0.444. The molecule has 0 aliphatic carbocycles. The Morgan fingerprint density at radius 3 is 2.72 bits per heavy atom. The molecule has 2 heterocycles. The van der Waals surface area contributed by atoms with Crippen LogP contribution < -0.4 is 11.0 Å². The normalized spacial score (nSPS) is 18.3. The quantitative estimate of drug-likeness (QED) is 0.891. The minimum absolute atomic E-state index is 0.0709. The zero-order chi connectivity index (χ0) is 18.0. The summed E-state index contributed by atoms with van der Waals surface area (Å²) in [4.78, 5) is 19.3. The van der Waals surface area contributed by atoms with Gasteiger partial charge in [-0.2, -0.15) is 0 Å². The van der Waals surface area contributed by atoms with Gasteiger partial charge >= 0.3 is 0 Å². The minimum atomic E-state index is -0.638. The molecule has 0 radical (unpaired) electrons. The second-order valence-corrected chi connectivity index (χ2v) is 6.51. The van der Waals surface area contributed by atoms with Gasteiger partial charge in [-0.25, -0.2) is 18.8 Å². The van der Waals surface area contributed by atoms with E-state index in [9.17, 15) is 13.6 Å². The Labute approximate surface area is 145 Å². The average molecular weight is 348 g/mol. The van der Waals surface area contributed by atoms with Crippen LogP contribution in [-0.4, -0.2) is 27.6 Å². The number of aromatic nitrogens is 2. The molecule has 1 aromatic heterocycles. The monoisotopic (exact) mass is 348 g/mol. The minimum Gasteiger partial charge on any atom is -0.291 e. The third kappa shape index (κ3) is 3.87. The maximum absolute atomic E-state index is 13.9. The lowest BCUT2D eigenvalue weighted by atomic mass is 10.1. The molecular formula is C18H22F2N4O. The maximum Gasteiger partial charge on any atom is 0.255 e. The Hall–Kier alpha value is -2.28. The number of nitrogens with zero attached hydrogens (tertiary/aromatic N) is 2. The van der Waals surface area contributed by atoms with Crippen molar-refractivity contribution in [3.05, 3.63) is 57.0 Å². The van der Waals surface area contributed by atoms with Crippen molar-refractivity contribution in [3.8, 4) is 0 Å². The van der Waals surface area contributed by atoms with Gasteiger partial charge in [-0.15, -0.1) is 0 Å². The van der Waals surface area contributed by atoms with Gasteiger partial charge in [-0.3, -0.25) is 15.2 Å². The Bertz CT molecular complexity index is 801. The third-order valence-corrected chi connectivity index (χ3v) is 4.71. The van der Waals surface area contributed by atoms with Crippen molar-refractivity contribution in [2.45, 2.75) is 45.6 Å². The van der Waals surface area contributed by atoms with Crippen LogP contribution in [0.3, 0.4) is 0 Å². The van der Waals surface area contributed by atoms with Gasteiger partial charge < -0.3 is 0 Å². The van der Waals surface area contributed by atoms with E-state index in [4.69, 9.17) is 0 Å². The number of anilines is 1. The molecule has 0 amide bonds. The third-order valence-electron chi connectivity index (χ3n) is 4.71. The molecule has 1 aliphatic rings. The second kappa shape index (κ2) is 7.31. The standard InChI is InChI=1S/C18H22F2N4O/c1-11-6-3-4-9-24(11)23-18-21-16(12(2)17(25)22-18)10-13-14(19)7-5-8-15(13)20/h5,7-8,11H,3-4,6,9-10H2,1-2H3,(H2,21,22,23,25). The van der Waals surface area contributed by atoms with Crippen LogP contribution in [0.15, 0.2) is 23.0 Å². The number of aromatic amines is 1. The molecule has 5 nitrogen and oxygen atoms in total. The SMILES string of the molecule is Cc1c(Cc2c(F)cccc2F)nc(NN2CCCCC2C)[nH]c1=O. The largest absolute Gasteiger partial charge is 0.291 e. The Morgan fingerprint density at radius 1 is 1.32 bits per heavy atom. The van der Waals surface area contributed by atoms with Gasteiger partial charge in [0.1, 0.15) is 11.6 Å². The van der Waals surface area contributed by atoms with Crippen molar-refractivity contribution in [1.29, 1.82) is 0 Å². The molecular weight excluding hydrogens is 326 g/mol. The van der Waals surface area contributed by atoms with Crippen molar-refractivity contribution in [2.75, 3.05) is 12.0 Å². The van der Waals surface area contributed by atoms with Gasteiger partial charge in [0.2, 0.25) is 5.95 Å². The molecule has 7 heteroatoms. The van der Waals surface area contributed by atoms with E-state index < -0.39 is 11.6 Å². The smallest absolute Gasteiger partial charge is 0.255 e. The van der Waals surface area contributed by atoms with Crippen LogP contribution in [0, 0.1) is 18.6 Å². The first-order valence-electron chi connectivity index (χ1n) is 8.51. The highest BCUT2D eigenvalue weighted by molar-refractivity contribution is 5.33. The summed E-state index contributed by atoms with van der Waals surface area (Å²) >= 11 is 0. The van der Waals surface area contributed by atoms with Crippen LogP contribution in [-0.2, 0) is 6.42 Å². The van der Waals surface area contributed by atoms with Crippen molar-refractivity contribution in [1.82, 2.24) is 15.0 Å². The Balaban J connectivity index is 1.89. The van der Waals surface area contributed by atoms with E-state index in [0.717, 1.165) is 19.4 Å². The fourth-order valence-electron chi connectivity index (χ4n) is 3.07. The van der Waals surface area contributed by atoms with E-state index in [-0.39, 0.29) is 17.5 Å². The maximum atomic E-state index is 13.9. The molecule has 2 N–H and O–H groups in total. The summed E-state index contributed by atoms with van der Waals surface area (Å²) in [5.74, 6) is -0.975. The van der Waals surface area contributed by atoms with E-state index in [1.165, 1.54) is 24.6 Å². The van der Waals surface area contributed by atoms with E-state index in [2.05, 4.69) is 22.3 Å². The highest BCUT2D eigenvalue weighted by Gasteiger charge is 2.20. The van der Waals surface area contributed by atoms with Crippen molar-refractivity contribution in [3.63, 3.8) is 0 Å². The molecule has 1 aliphatic heterocycles. The van der Waals surface area contributed by atoms with E-state index in [1.807, 2.05) is 5.01 Å². The lowest BCUT2D eigenvalue weighted by Crippen LogP contribution is -2.42. The Morgan fingerprint density at radius 2 is 2.04 bits per heavy atom. The number of piperidine rings is 1.